The fourth-order valence-corrected chi connectivity index (χ4v) is 2.39. The van der Waals surface area contributed by atoms with Crippen LogP contribution in [0, 0.1) is 6.92 Å². The van der Waals surface area contributed by atoms with Gasteiger partial charge in [-0.1, -0.05) is 12.1 Å². The monoisotopic (exact) mass is 275 g/mol. The van der Waals surface area contributed by atoms with E-state index in [1.165, 1.54) is 0 Å². The van der Waals surface area contributed by atoms with E-state index in [9.17, 15) is 4.79 Å². The van der Waals surface area contributed by atoms with Gasteiger partial charge in [0.05, 0.1) is 22.8 Å². The molecule has 2 aromatic rings. The molecule has 0 saturated heterocycles. The van der Waals surface area contributed by atoms with Gasteiger partial charge in [0, 0.05) is 17.6 Å². The smallest absolute Gasteiger partial charge is 0.253 e. The third-order valence-corrected chi connectivity index (χ3v) is 3.46. The van der Waals surface area contributed by atoms with Crippen molar-refractivity contribution in [1.82, 2.24) is 10.3 Å². The van der Waals surface area contributed by atoms with Crippen LogP contribution in [-0.4, -0.2) is 17.4 Å². The molecule has 4 nitrogen and oxygen atoms in total. The Hall–Kier alpha value is -1.88. The molecule has 0 spiro atoms. The van der Waals surface area contributed by atoms with Crippen LogP contribution in [0.3, 0.4) is 0 Å². The number of nitrogens with zero attached hydrogens (tertiary/aromatic N) is 1. The zero-order valence-corrected chi connectivity index (χ0v) is 11.9. The van der Waals surface area contributed by atoms with Crippen LogP contribution in [-0.2, 0) is 6.54 Å². The topological polar surface area (TPSA) is 54.0 Å². The van der Waals surface area contributed by atoms with E-state index in [0.717, 1.165) is 22.9 Å². The third-order valence-electron chi connectivity index (χ3n) is 2.64. The highest BCUT2D eigenvalue weighted by molar-refractivity contribution is 7.09. The maximum atomic E-state index is 12.1. The molecule has 2 N–H and O–H groups in total. The van der Waals surface area contributed by atoms with Crippen molar-refractivity contribution in [3.63, 3.8) is 0 Å². The zero-order valence-electron chi connectivity index (χ0n) is 11.1. The Labute approximate surface area is 116 Å². The average molecular weight is 275 g/mol. The SMILES string of the molecule is CCNc1ccccc1C(=O)NCc1csc(C)n1. The van der Waals surface area contributed by atoms with E-state index in [1.54, 1.807) is 11.3 Å². The predicted octanol–water partition coefficient (Wildman–Crippen LogP) is 2.81. The summed E-state index contributed by atoms with van der Waals surface area (Å²) in [6, 6.07) is 7.51. The van der Waals surface area contributed by atoms with Crippen molar-refractivity contribution >= 4 is 22.9 Å². The lowest BCUT2D eigenvalue weighted by Crippen LogP contribution is -2.24. The van der Waals surface area contributed by atoms with Gasteiger partial charge in [-0.2, -0.15) is 0 Å². The molecule has 0 aliphatic heterocycles. The Bertz CT molecular complexity index is 565. The highest BCUT2D eigenvalue weighted by Gasteiger charge is 2.10. The van der Waals surface area contributed by atoms with E-state index in [2.05, 4.69) is 15.6 Å². The van der Waals surface area contributed by atoms with Gasteiger partial charge >= 0.3 is 0 Å². The maximum absolute atomic E-state index is 12.1. The van der Waals surface area contributed by atoms with Gasteiger partial charge in [0.25, 0.3) is 5.91 Å². The van der Waals surface area contributed by atoms with Crippen molar-refractivity contribution in [3.8, 4) is 0 Å². The summed E-state index contributed by atoms with van der Waals surface area (Å²) >= 11 is 1.59. The molecule has 0 saturated carbocycles. The Balaban J connectivity index is 2.03. The second-order valence-corrected chi connectivity index (χ2v) is 5.18. The second kappa shape index (κ2) is 6.33. The Morgan fingerprint density at radius 2 is 2.16 bits per heavy atom. The van der Waals surface area contributed by atoms with Crippen LogP contribution in [0.25, 0.3) is 0 Å². The van der Waals surface area contributed by atoms with Gasteiger partial charge in [-0.05, 0) is 26.0 Å². The molecular weight excluding hydrogens is 258 g/mol. The van der Waals surface area contributed by atoms with Gasteiger partial charge in [0.15, 0.2) is 0 Å². The molecule has 0 unspecified atom stereocenters. The molecule has 1 aromatic carbocycles. The number of nitrogens with one attached hydrogen (secondary N) is 2. The number of carbonyl (C=O) groups excluding carboxylic acids is 1. The highest BCUT2D eigenvalue weighted by atomic mass is 32.1. The summed E-state index contributed by atoms with van der Waals surface area (Å²) in [5.74, 6) is -0.0813. The molecule has 100 valence electrons. The first-order valence-corrected chi connectivity index (χ1v) is 7.10. The van der Waals surface area contributed by atoms with Crippen LogP contribution in [0.15, 0.2) is 29.6 Å². The molecule has 0 radical (unpaired) electrons. The van der Waals surface area contributed by atoms with Crippen molar-refractivity contribution in [2.45, 2.75) is 20.4 Å². The van der Waals surface area contributed by atoms with E-state index >= 15 is 0 Å². The van der Waals surface area contributed by atoms with Crippen LogP contribution in [0.1, 0.15) is 28.0 Å². The van der Waals surface area contributed by atoms with Crippen molar-refractivity contribution in [2.75, 3.05) is 11.9 Å². The fraction of sp³-hybridized carbons (Fsp3) is 0.286. The largest absolute Gasteiger partial charge is 0.385 e. The Morgan fingerprint density at radius 1 is 1.37 bits per heavy atom. The van der Waals surface area contributed by atoms with Crippen LogP contribution < -0.4 is 10.6 Å². The number of hydrogen-bond acceptors (Lipinski definition) is 4. The van der Waals surface area contributed by atoms with E-state index in [1.807, 2.05) is 43.5 Å². The summed E-state index contributed by atoms with van der Waals surface area (Å²) in [5, 5.41) is 9.05. The minimum Gasteiger partial charge on any atom is -0.385 e. The second-order valence-electron chi connectivity index (χ2n) is 4.12. The molecule has 0 bridgehead atoms. The predicted molar refractivity (Wildman–Crippen MR) is 78.6 cm³/mol. The summed E-state index contributed by atoms with van der Waals surface area (Å²) in [4.78, 5) is 16.5. The molecule has 1 amide bonds. The molecule has 1 heterocycles. The van der Waals surface area contributed by atoms with E-state index in [0.29, 0.717) is 12.1 Å². The summed E-state index contributed by atoms with van der Waals surface area (Å²) < 4.78 is 0. The zero-order chi connectivity index (χ0) is 13.7. The van der Waals surface area contributed by atoms with Crippen molar-refractivity contribution in [1.29, 1.82) is 0 Å². The summed E-state index contributed by atoms with van der Waals surface area (Å²) in [6.45, 7) is 5.21. The van der Waals surface area contributed by atoms with E-state index in [4.69, 9.17) is 0 Å². The number of amides is 1. The van der Waals surface area contributed by atoms with E-state index < -0.39 is 0 Å². The first-order valence-electron chi connectivity index (χ1n) is 6.22. The van der Waals surface area contributed by atoms with Crippen LogP contribution in [0.2, 0.25) is 0 Å². The van der Waals surface area contributed by atoms with Gasteiger partial charge in [-0.3, -0.25) is 4.79 Å². The summed E-state index contributed by atoms with van der Waals surface area (Å²) in [6.07, 6.45) is 0. The van der Waals surface area contributed by atoms with Gasteiger partial charge < -0.3 is 10.6 Å². The van der Waals surface area contributed by atoms with Crippen molar-refractivity contribution in [3.05, 3.63) is 45.9 Å². The quantitative estimate of drug-likeness (QED) is 0.882. The molecule has 0 aliphatic rings. The molecular formula is C14H17N3OS. The third kappa shape index (κ3) is 3.54. The molecule has 0 atom stereocenters. The number of rotatable bonds is 5. The normalized spacial score (nSPS) is 10.2. The van der Waals surface area contributed by atoms with Crippen LogP contribution in [0.4, 0.5) is 5.69 Å². The number of thiazole rings is 1. The first kappa shape index (κ1) is 13.5. The number of aromatic nitrogens is 1. The lowest BCUT2D eigenvalue weighted by atomic mass is 10.1. The van der Waals surface area contributed by atoms with Gasteiger partial charge in [-0.25, -0.2) is 4.98 Å². The number of para-hydroxylation sites is 1. The standard InChI is InChI=1S/C14H17N3OS/c1-3-15-13-7-5-4-6-12(13)14(18)16-8-11-9-19-10(2)17-11/h4-7,9,15H,3,8H2,1-2H3,(H,16,18). The first-order chi connectivity index (χ1) is 9.20. The van der Waals surface area contributed by atoms with E-state index in [-0.39, 0.29) is 5.91 Å². The van der Waals surface area contributed by atoms with Crippen LogP contribution >= 0.6 is 11.3 Å². The number of anilines is 1. The molecule has 2 rings (SSSR count). The lowest BCUT2D eigenvalue weighted by Gasteiger charge is -2.10. The summed E-state index contributed by atoms with van der Waals surface area (Å²) in [5.41, 5.74) is 2.42. The van der Waals surface area contributed by atoms with Gasteiger partial charge in [-0.15, -0.1) is 11.3 Å². The molecule has 0 aliphatic carbocycles. The van der Waals surface area contributed by atoms with Crippen molar-refractivity contribution < 1.29 is 4.79 Å². The Kier molecular flexibility index (Phi) is 4.52. The Morgan fingerprint density at radius 3 is 2.84 bits per heavy atom. The van der Waals surface area contributed by atoms with Gasteiger partial charge in [0.2, 0.25) is 0 Å². The lowest BCUT2D eigenvalue weighted by molar-refractivity contribution is 0.0951. The highest BCUT2D eigenvalue weighted by Crippen LogP contribution is 2.15. The molecule has 1 aromatic heterocycles. The number of carbonyl (C=O) groups is 1. The minimum absolute atomic E-state index is 0.0813. The minimum atomic E-state index is -0.0813. The number of aryl methyl sites for hydroxylation is 1. The molecule has 19 heavy (non-hydrogen) atoms. The van der Waals surface area contributed by atoms with Gasteiger partial charge in [0.1, 0.15) is 0 Å². The number of hydrogen-bond donors (Lipinski definition) is 2. The maximum Gasteiger partial charge on any atom is 0.253 e. The average Bonchev–Trinajstić information content (AvgIpc) is 2.83. The van der Waals surface area contributed by atoms with Crippen LogP contribution in [0.5, 0.6) is 0 Å². The molecule has 0 fully saturated rings. The number of benzene rings is 1. The summed E-state index contributed by atoms with van der Waals surface area (Å²) in [7, 11) is 0. The molecule has 5 heteroatoms. The van der Waals surface area contributed by atoms with Crippen molar-refractivity contribution in [2.24, 2.45) is 0 Å². The fourth-order valence-electron chi connectivity index (χ4n) is 1.78.